The maximum atomic E-state index is 11.8. The van der Waals surface area contributed by atoms with Gasteiger partial charge >= 0.3 is 0 Å². The summed E-state index contributed by atoms with van der Waals surface area (Å²) < 4.78 is 31.1. The summed E-state index contributed by atoms with van der Waals surface area (Å²) >= 11 is 0. The van der Waals surface area contributed by atoms with E-state index < -0.39 is 0 Å². The van der Waals surface area contributed by atoms with Crippen LogP contribution in [-0.4, -0.2) is 61.7 Å². The molecule has 1 aromatic carbocycles. The van der Waals surface area contributed by atoms with Crippen molar-refractivity contribution < 1.29 is 28.5 Å². The van der Waals surface area contributed by atoms with E-state index in [-0.39, 0.29) is 55.1 Å². The van der Waals surface area contributed by atoms with Gasteiger partial charge in [-0.3, -0.25) is 4.79 Å². The average molecular weight is 398 g/mol. The minimum atomic E-state index is -0.283. The molecule has 29 heavy (non-hydrogen) atoms. The van der Waals surface area contributed by atoms with Gasteiger partial charge < -0.3 is 23.7 Å². The van der Waals surface area contributed by atoms with Crippen LogP contribution in [0, 0.1) is 0 Å². The fraction of sp³-hybridized carbons (Fsp3) is 0.522. The number of ether oxygens (including phenoxy) is 5. The zero-order valence-corrected chi connectivity index (χ0v) is 16.2. The Bertz CT molecular complexity index is 775. The van der Waals surface area contributed by atoms with Crippen molar-refractivity contribution in [2.24, 2.45) is 0 Å². The molecule has 0 radical (unpaired) electrons. The molecule has 0 bridgehead atoms. The predicted octanol–water partition coefficient (Wildman–Crippen LogP) is 2.37. The third kappa shape index (κ3) is 4.09. The second-order valence-electron chi connectivity index (χ2n) is 7.96. The lowest BCUT2D eigenvalue weighted by Gasteiger charge is -2.50. The Morgan fingerprint density at radius 1 is 0.966 bits per heavy atom. The van der Waals surface area contributed by atoms with E-state index in [2.05, 4.69) is 18.2 Å². The molecule has 6 heteroatoms. The Kier molecular flexibility index (Phi) is 5.61. The second kappa shape index (κ2) is 8.50. The molecule has 4 heterocycles. The zero-order valence-electron chi connectivity index (χ0n) is 16.2. The minimum Gasteiger partial charge on any atom is -0.369 e. The molecule has 2 saturated heterocycles. The Balaban J connectivity index is 1.39. The van der Waals surface area contributed by atoms with Crippen LogP contribution < -0.4 is 0 Å². The number of carbonyl (C=O) groups is 1. The molecule has 0 aliphatic carbocycles. The molecule has 0 N–H and O–H groups in total. The first-order valence-electron chi connectivity index (χ1n) is 10.3. The molecule has 6 nitrogen and oxygen atoms in total. The van der Waals surface area contributed by atoms with E-state index >= 15 is 0 Å². The number of ketones is 1. The van der Waals surface area contributed by atoms with Crippen LogP contribution in [0.5, 0.6) is 0 Å². The van der Waals surface area contributed by atoms with Crippen LogP contribution >= 0.6 is 0 Å². The molecule has 0 saturated carbocycles. The lowest BCUT2D eigenvalue weighted by Crippen LogP contribution is -2.64. The summed E-state index contributed by atoms with van der Waals surface area (Å²) in [4.78, 5) is 11.8. The van der Waals surface area contributed by atoms with E-state index in [0.717, 1.165) is 12.0 Å². The first-order chi connectivity index (χ1) is 14.3. The quantitative estimate of drug-likeness (QED) is 0.729. The highest BCUT2D eigenvalue weighted by molar-refractivity contribution is 5.91. The zero-order chi connectivity index (χ0) is 19.6. The summed E-state index contributed by atoms with van der Waals surface area (Å²) in [6.45, 7) is 1.11. The first kappa shape index (κ1) is 19.2. The van der Waals surface area contributed by atoms with Gasteiger partial charge in [-0.25, -0.2) is 0 Å². The SMILES string of the molecule is O=C1C=C[C@H]2O[C@H]3[C@H](OCc4ccccc4)[C@H]4OCC=CC[C@@H]4O[C@@H]3C[C@@H]2OC1. The largest absolute Gasteiger partial charge is 0.369 e. The van der Waals surface area contributed by atoms with Crippen molar-refractivity contribution in [2.45, 2.75) is 62.2 Å². The number of hydrogen-bond donors (Lipinski definition) is 0. The predicted molar refractivity (Wildman–Crippen MR) is 104 cm³/mol. The highest BCUT2D eigenvalue weighted by Crippen LogP contribution is 2.38. The third-order valence-electron chi connectivity index (χ3n) is 5.99. The molecule has 5 rings (SSSR count). The molecule has 4 aliphatic rings. The van der Waals surface area contributed by atoms with Crippen molar-refractivity contribution in [1.29, 1.82) is 0 Å². The molecule has 0 spiro atoms. The Labute approximate surface area is 170 Å². The Hall–Kier alpha value is -1.83. The van der Waals surface area contributed by atoms with E-state index in [0.29, 0.717) is 19.6 Å². The van der Waals surface area contributed by atoms with Gasteiger partial charge in [0.1, 0.15) is 31.0 Å². The smallest absolute Gasteiger partial charge is 0.181 e. The molecule has 154 valence electrons. The van der Waals surface area contributed by atoms with Crippen LogP contribution in [0.3, 0.4) is 0 Å². The number of benzene rings is 1. The molecule has 2 fully saturated rings. The van der Waals surface area contributed by atoms with Gasteiger partial charge in [-0.05, 0) is 24.1 Å². The van der Waals surface area contributed by atoms with Gasteiger partial charge in [-0.2, -0.15) is 0 Å². The molecular weight excluding hydrogens is 372 g/mol. The van der Waals surface area contributed by atoms with E-state index in [4.69, 9.17) is 23.7 Å². The fourth-order valence-corrected chi connectivity index (χ4v) is 4.56. The van der Waals surface area contributed by atoms with Gasteiger partial charge in [0.05, 0.1) is 31.5 Å². The molecular formula is C23H26O6. The molecule has 0 amide bonds. The maximum absolute atomic E-state index is 11.8. The standard InChI is InChI=1S/C23H26O6/c24-16-9-10-17-19(26-14-16)12-20-22(29-17)23(27-13-15-6-2-1-3-7-15)21-18(28-20)8-4-5-11-25-21/h1-7,9-10,17-23H,8,11-14H2/t17-,18+,19+,20-,21+,22-,23-/m1/s1. The summed E-state index contributed by atoms with van der Waals surface area (Å²) in [5.41, 5.74) is 1.11. The van der Waals surface area contributed by atoms with Crippen molar-refractivity contribution in [3.05, 3.63) is 60.2 Å². The Morgan fingerprint density at radius 2 is 1.86 bits per heavy atom. The van der Waals surface area contributed by atoms with E-state index in [1.54, 1.807) is 6.08 Å². The van der Waals surface area contributed by atoms with Gasteiger partial charge in [0, 0.05) is 6.42 Å². The molecule has 1 aromatic rings. The van der Waals surface area contributed by atoms with Crippen molar-refractivity contribution >= 4 is 5.78 Å². The van der Waals surface area contributed by atoms with E-state index in [1.165, 1.54) is 0 Å². The average Bonchev–Trinajstić information content (AvgIpc) is 3.09. The van der Waals surface area contributed by atoms with Crippen LogP contribution in [0.4, 0.5) is 0 Å². The van der Waals surface area contributed by atoms with Gasteiger partial charge in [-0.15, -0.1) is 0 Å². The topological polar surface area (TPSA) is 63.2 Å². The Morgan fingerprint density at radius 3 is 2.76 bits per heavy atom. The minimum absolute atomic E-state index is 0.0394. The monoisotopic (exact) mass is 398 g/mol. The third-order valence-corrected chi connectivity index (χ3v) is 5.99. The number of fused-ring (bicyclic) bond motifs is 3. The summed E-state index contributed by atoms with van der Waals surface area (Å²) in [5.74, 6) is -0.0394. The summed E-state index contributed by atoms with van der Waals surface area (Å²) in [6, 6.07) is 10.1. The number of hydrogen-bond acceptors (Lipinski definition) is 6. The van der Waals surface area contributed by atoms with Crippen molar-refractivity contribution in [3.63, 3.8) is 0 Å². The van der Waals surface area contributed by atoms with Crippen molar-refractivity contribution in [2.75, 3.05) is 13.2 Å². The van der Waals surface area contributed by atoms with Gasteiger partial charge in [0.25, 0.3) is 0 Å². The highest BCUT2D eigenvalue weighted by atomic mass is 16.6. The summed E-state index contributed by atoms with van der Waals surface area (Å²) in [5, 5.41) is 0. The first-order valence-corrected chi connectivity index (χ1v) is 10.3. The highest BCUT2D eigenvalue weighted by Gasteiger charge is 2.52. The number of carbonyl (C=O) groups excluding carboxylic acids is 1. The normalized spacial score (nSPS) is 39.0. The van der Waals surface area contributed by atoms with Crippen molar-refractivity contribution in [3.8, 4) is 0 Å². The van der Waals surface area contributed by atoms with Crippen LogP contribution in [-0.2, 0) is 35.1 Å². The van der Waals surface area contributed by atoms with Crippen LogP contribution in [0.25, 0.3) is 0 Å². The van der Waals surface area contributed by atoms with Crippen molar-refractivity contribution in [1.82, 2.24) is 0 Å². The van der Waals surface area contributed by atoms with Gasteiger partial charge in [-0.1, -0.05) is 42.5 Å². The van der Waals surface area contributed by atoms with Gasteiger partial charge in [0.15, 0.2) is 5.78 Å². The van der Waals surface area contributed by atoms with Gasteiger partial charge in [0.2, 0.25) is 0 Å². The van der Waals surface area contributed by atoms with Crippen LogP contribution in [0.1, 0.15) is 18.4 Å². The van der Waals surface area contributed by atoms with E-state index in [9.17, 15) is 4.79 Å². The van der Waals surface area contributed by atoms with Crippen LogP contribution in [0.15, 0.2) is 54.6 Å². The maximum Gasteiger partial charge on any atom is 0.181 e. The molecule has 4 aliphatic heterocycles. The fourth-order valence-electron chi connectivity index (χ4n) is 4.56. The van der Waals surface area contributed by atoms with Crippen LogP contribution in [0.2, 0.25) is 0 Å². The number of rotatable bonds is 3. The molecule has 7 atom stereocenters. The molecule has 0 aromatic heterocycles. The lowest BCUT2D eigenvalue weighted by molar-refractivity contribution is -0.291. The lowest BCUT2D eigenvalue weighted by atomic mass is 9.87. The summed E-state index contributed by atoms with van der Waals surface area (Å²) in [7, 11) is 0. The second-order valence-corrected chi connectivity index (χ2v) is 7.96. The summed E-state index contributed by atoms with van der Waals surface area (Å²) in [6.07, 6.45) is 7.51. The molecule has 0 unspecified atom stereocenters. The van der Waals surface area contributed by atoms with E-state index in [1.807, 2.05) is 30.4 Å².